The second kappa shape index (κ2) is 8.87. The third kappa shape index (κ3) is 4.45. The van der Waals surface area contributed by atoms with E-state index in [4.69, 9.17) is 17.3 Å². The summed E-state index contributed by atoms with van der Waals surface area (Å²) in [4.78, 5) is 37.2. The van der Waals surface area contributed by atoms with Crippen molar-refractivity contribution in [3.05, 3.63) is 65.1 Å². The van der Waals surface area contributed by atoms with E-state index in [-0.39, 0.29) is 18.9 Å². The first-order chi connectivity index (χ1) is 14.9. The Morgan fingerprint density at radius 1 is 1.06 bits per heavy atom. The second-order valence-corrected chi connectivity index (χ2v) is 8.66. The van der Waals surface area contributed by atoms with Crippen LogP contribution in [0, 0.1) is 0 Å². The number of hydrogen-bond donors (Lipinski definition) is 2. The van der Waals surface area contributed by atoms with E-state index in [1.165, 1.54) is 16.7 Å². The maximum atomic E-state index is 13.0. The predicted molar refractivity (Wildman–Crippen MR) is 127 cm³/mol. The summed E-state index contributed by atoms with van der Waals surface area (Å²) in [6.45, 7) is -0.352. The number of benzene rings is 3. The van der Waals surface area contributed by atoms with Crippen LogP contribution in [0.5, 0.6) is 0 Å². The van der Waals surface area contributed by atoms with Gasteiger partial charge >= 0.3 is 5.97 Å². The van der Waals surface area contributed by atoms with Crippen molar-refractivity contribution in [1.82, 2.24) is 10.2 Å². The molecule has 0 saturated carbocycles. The van der Waals surface area contributed by atoms with E-state index in [2.05, 4.69) is 11.4 Å². The van der Waals surface area contributed by atoms with Crippen LogP contribution in [0.4, 0.5) is 0 Å². The zero-order valence-corrected chi connectivity index (χ0v) is 18.0. The van der Waals surface area contributed by atoms with E-state index in [9.17, 15) is 14.4 Å². The number of thioether (sulfide) groups is 1. The van der Waals surface area contributed by atoms with E-state index in [0.717, 1.165) is 27.1 Å². The van der Waals surface area contributed by atoms with Crippen molar-refractivity contribution in [3.63, 3.8) is 0 Å². The molecule has 1 saturated heterocycles. The SMILES string of the molecule is O=C(O)CNC(=O)CCN1C(=O)/C(=C/c2c3ccccc3cc3ccccc23)SC1=S. The monoisotopic (exact) mass is 450 g/mol. The van der Waals surface area contributed by atoms with Gasteiger partial charge in [-0.2, -0.15) is 0 Å². The van der Waals surface area contributed by atoms with Crippen LogP contribution in [-0.2, 0) is 14.4 Å². The molecular weight excluding hydrogens is 432 g/mol. The average molecular weight is 451 g/mol. The zero-order valence-electron chi connectivity index (χ0n) is 16.3. The van der Waals surface area contributed by atoms with Gasteiger partial charge in [0.05, 0.1) is 4.91 Å². The van der Waals surface area contributed by atoms with Crippen molar-refractivity contribution in [2.75, 3.05) is 13.1 Å². The summed E-state index contributed by atoms with van der Waals surface area (Å²) in [5.41, 5.74) is 0.952. The van der Waals surface area contributed by atoms with Gasteiger partial charge in [-0.25, -0.2) is 0 Å². The van der Waals surface area contributed by atoms with E-state index >= 15 is 0 Å². The topological polar surface area (TPSA) is 86.7 Å². The van der Waals surface area contributed by atoms with E-state index < -0.39 is 18.4 Å². The smallest absolute Gasteiger partial charge is 0.322 e. The molecule has 0 spiro atoms. The number of nitrogens with one attached hydrogen (secondary N) is 1. The minimum Gasteiger partial charge on any atom is -0.480 e. The molecule has 3 aromatic carbocycles. The molecule has 0 atom stereocenters. The number of aliphatic carboxylic acids is 1. The highest BCUT2D eigenvalue weighted by Gasteiger charge is 2.32. The van der Waals surface area contributed by atoms with Gasteiger partial charge in [0, 0.05) is 13.0 Å². The van der Waals surface area contributed by atoms with Crippen LogP contribution in [0.2, 0.25) is 0 Å². The van der Waals surface area contributed by atoms with Crippen LogP contribution in [0.1, 0.15) is 12.0 Å². The van der Waals surface area contributed by atoms with Crippen molar-refractivity contribution < 1.29 is 19.5 Å². The molecule has 6 nitrogen and oxygen atoms in total. The van der Waals surface area contributed by atoms with Gasteiger partial charge in [0.1, 0.15) is 10.9 Å². The molecule has 8 heteroatoms. The molecule has 0 unspecified atom stereocenters. The number of carboxylic acid groups (broad SMARTS) is 1. The predicted octanol–water partition coefficient (Wildman–Crippen LogP) is 3.79. The van der Waals surface area contributed by atoms with Crippen LogP contribution in [0.25, 0.3) is 27.6 Å². The lowest BCUT2D eigenvalue weighted by Crippen LogP contribution is -2.35. The lowest BCUT2D eigenvalue weighted by molar-refractivity contribution is -0.138. The number of nitrogens with zero attached hydrogens (tertiary/aromatic N) is 1. The average Bonchev–Trinajstić information content (AvgIpc) is 3.03. The molecule has 0 bridgehead atoms. The van der Waals surface area contributed by atoms with Gasteiger partial charge in [0.2, 0.25) is 5.91 Å². The summed E-state index contributed by atoms with van der Waals surface area (Å²) in [7, 11) is 0. The van der Waals surface area contributed by atoms with Crippen LogP contribution in [0.15, 0.2) is 59.5 Å². The molecule has 0 radical (unpaired) electrons. The highest BCUT2D eigenvalue weighted by atomic mass is 32.2. The Balaban J connectivity index is 1.63. The molecule has 0 aliphatic carbocycles. The number of carboxylic acids is 1. The molecule has 2 amide bonds. The quantitative estimate of drug-likeness (QED) is 0.338. The van der Waals surface area contributed by atoms with E-state index in [1.807, 2.05) is 54.6 Å². The van der Waals surface area contributed by atoms with Crippen molar-refractivity contribution in [2.45, 2.75) is 6.42 Å². The summed E-state index contributed by atoms with van der Waals surface area (Å²) < 4.78 is 0.381. The molecule has 4 rings (SSSR count). The Morgan fingerprint density at radius 2 is 1.68 bits per heavy atom. The Bertz CT molecular complexity index is 1210. The molecule has 31 heavy (non-hydrogen) atoms. The number of amides is 2. The molecule has 2 N–H and O–H groups in total. The Labute approximate surface area is 187 Å². The molecule has 1 aliphatic heterocycles. The van der Waals surface area contributed by atoms with E-state index in [1.54, 1.807) is 0 Å². The maximum Gasteiger partial charge on any atom is 0.322 e. The van der Waals surface area contributed by atoms with Crippen molar-refractivity contribution >= 4 is 73.7 Å². The Morgan fingerprint density at radius 3 is 2.29 bits per heavy atom. The number of fused-ring (bicyclic) bond motifs is 2. The molecule has 156 valence electrons. The standard InChI is InChI=1S/C23H18N2O4S2/c26-20(24-13-21(27)28)9-10-25-22(29)19(31-23(25)30)12-18-16-7-3-1-5-14(16)11-15-6-2-4-8-17(15)18/h1-8,11-12H,9-10,13H2,(H,24,26)(H,27,28)/b19-12-. The lowest BCUT2D eigenvalue weighted by Gasteiger charge is -2.14. The zero-order chi connectivity index (χ0) is 22.0. The first-order valence-corrected chi connectivity index (χ1v) is 10.8. The lowest BCUT2D eigenvalue weighted by atomic mass is 9.96. The molecule has 1 fully saturated rings. The third-order valence-corrected chi connectivity index (χ3v) is 6.34. The number of carbonyl (C=O) groups excluding carboxylic acids is 2. The van der Waals surface area contributed by atoms with Crippen LogP contribution >= 0.6 is 24.0 Å². The number of carbonyl (C=O) groups is 3. The maximum absolute atomic E-state index is 13.0. The number of hydrogen-bond acceptors (Lipinski definition) is 5. The van der Waals surface area contributed by atoms with E-state index in [0.29, 0.717) is 9.23 Å². The summed E-state index contributed by atoms with van der Waals surface area (Å²) in [6, 6.07) is 18.2. The van der Waals surface area contributed by atoms with Gasteiger partial charge in [-0.05, 0) is 39.3 Å². The highest BCUT2D eigenvalue weighted by molar-refractivity contribution is 8.26. The van der Waals surface area contributed by atoms with Gasteiger partial charge in [0.15, 0.2) is 0 Å². The largest absolute Gasteiger partial charge is 0.480 e. The third-order valence-electron chi connectivity index (χ3n) is 4.96. The number of rotatable bonds is 6. The first kappa shape index (κ1) is 21.0. The van der Waals surface area contributed by atoms with Crippen LogP contribution in [-0.4, -0.2) is 45.2 Å². The van der Waals surface area contributed by atoms with Gasteiger partial charge in [-0.3, -0.25) is 19.3 Å². The number of thiocarbonyl (C=S) groups is 1. The molecular formula is C23H18N2O4S2. The molecule has 1 heterocycles. The fourth-order valence-corrected chi connectivity index (χ4v) is 4.79. The van der Waals surface area contributed by atoms with Crippen molar-refractivity contribution in [3.8, 4) is 0 Å². The van der Waals surface area contributed by atoms with Crippen molar-refractivity contribution in [2.24, 2.45) is 0 Å². The summed E-state index contributed by atoms with van der Waals surface area (Å²) in [5, 5.41) is 15.2. The first-order valence-electron chi connectivity index (χ1n) is 9.58. The van der Waals surface area contributed by atoms with Crippen molar-refractivity contribution in [1.29, 1.82) is 0 Å². The van der Waals surface area contributed by atoms with Gasteiger partial charge in [-0.15, -0.1) is 0 Å². The van der Waals surface area contributed by atoms with Crippen LogP contribution in [0.3, 0.4) is 0 Å². The minimum absolute atomic E-state index is 0.0236. The minimum atomic E-state index is -1.12. The second-order valence-electron chi connectivity index (χ2n) is 6.99. The molecule has 0 aromatic heterocycles. The molecule has 1 aliphatic rings. The fraction of sp³-hybridized carbons (Fsp3) is 0.130. The Kier molecular flexibility index (Phi) is 6.01. The molecule has 3 aromatic rings. The highest BCUT2D eigenvalue weighted by Crippen LogP contribution is 2.36. The summed E-state index contributed by atoms with van der Waals surface area (Å²) in [5.74, 6) is -1.82. The van der Waals surface area contributed by atoms with Crippen LogP contribution < -0.4 is 5.32 Å². The normalized spacial score (nSPS) is 15.2. The fourth-order valence-electron chi connectivity index (χ4n) is 3.50. The Hall–Kier alpha value is -3.23. The van der Waals surface area contributed by atoms with Gasteiger partial charge in [0.25, 0.3) is 5.91 Å². The summed E-state index contributed by atoms with van der Waals surface area (Å²) >= 11 is 6.57. The van der Waals surface area contributed by atoms with Gasteiger partial charge in [-0.1, -0.05) is 72.5 Å². The van der Waals surface area contributed by atoms with Gasteiger partial charge < -0.3 is 10.4 Å². The summed E-state index contributed by atoms with van der Waals surface area (Å²) in [6.07, 6.45) is 1.85.